The van der Waals surface area contributed by atoms with Crippen molar-refractivity contribution in [3.63, 3.8) is 0 Å². The molecule has 1 aliphatic rings. The van der Waals surface area contributed by atoms with Crippen molar-refractivity contribution in [2.24, 2.45) is 0 Å². The molecule has 0 bridgehead atoms. The van der Waals surface area contributed by atoms with Crippen molar-refractivity contribution in [1.29, 1.82) is 0 Å². The number of hydrogen-bond donors (Lipinski definition) is 1. The number of phenolic OH excluding ortho intramolecular Hbond substituents is 1. The molecule has 34 heavy (non-hydrogen) atoms. The van der Waals surface area contributed by atoms with Gasteiger partial charge in [-0.1, -0.05) is 29.4 Å². The van der Waals surface area contributed by atoms with E-state index < -0.39 is 0 Å². The molecule has 2 aromatic carbocycles. The SMILES string of the molecule is COc1cccc(CN2CC(OCc3c(C)noc3C)CN(Cc3cccc(O)c3)CC2=O)c1. The fourth-order valence-corrected chi connectivity index (χ4v) is 4.24. The van der Waals surface area contributed by atoms with Gasteiger partial charge < -0.3 is 24.0 Å². The lowest BCUT2D eigenvalue weighted by Gasteiger charge is -2.25. The van der Waals surface area contributed by atoms with Crippen molar-refractivity contribution in [3.05, 3.63) is 76.7 Å². The van der Waals surface area contributed by atoms with Crippen molar-refractivity contribution in [3.8, 4) is 11.5 Å². The standard InChI is InChI=1S/C26H31N3O5/c1-18-25(19(2)34-27-18)17-33-24-14-28(12-20-6-4-8-22(30)10-20)16-26(31)29(15-24)13-21-7-5-9-23(11-21)32-3/h4-11,24,30H,12-17H2,1-3H3. The summed E-state index contributed by atoms with van der Waals surface area (Å²) in [5, 5.41) is 13.9. The number of aryl methyl sites for hydroxylation is 2. The molecular formula is C26H31N3O5. The van der Waals surface area contributed by atoms with E-state index in [0.717, 1.165) is 33.9 Å². The molecule has 1 N–H and O–H groups in total. The first-order chi connectivity index (χ1) is 16.4. The second-order valence-electron chi connectivity index (χ2n) is 8.70. The highest BCUT2D eigenvalue weighted by Crippen LogP contribution is 2.21. The van der Waals surface area contributed by atoms with Crippen LogP contribution in [0.2, 0.25) is 0 Å². The van der Waals surface area contributed by atoms with E-state index in [9.17, 15) is 9.90 Å². The van der Waals surface area contributed by atoms with Crippen LogP contribution >= 0.6 is 0 Å². The molecule has 0 saturated carbocycles. The van der Waals surface area contributed by atoms with Crippen LogP contribution in [0.4, 0.5) is 0 Å². The van der Waals surface area contributed by atoms with Gasteiger partial charge >= 0.3 is 0 Å². The maximum absolute atomic E-state index is 13.3. The number of aromatic hydroxyl groups is 1. The van der Waals surface area contributed by atoms with E-state index in [2.05, 4.69) is 10.1 Å². The Balaban J connectivity index is 1.52. The van der Waals surface area contributed by atoms with Crippen LogP contribution in [0.1, 0.15) is 28.1 Å². The van der Waals surface area contributed by atoms with Gasteiger partial charge in [-0.2, -0.15) is 0 Å². The number of methoxy groups -OCH3 is 1. The maximum Gasteiger partial charge on any atom is 0.237 e. The average molecular weight is 466 g/mol. The molecule has 1 fully saturated rings. The fourth-order valence-electron chi connectivity index (χ4n) is 4.24. The quantitative estimate of drug-likeness (QED) is 0.545. The number of rotatable bonds is 8. The molecule has 180 valence electrons. The van der Waals surface area contributed by atoms with Crippen LogP contribution in [0.15, 0.2) is 53.1 Å². The number of aromatic nitrogens is 1. The zero-order valence-corrected chi connectivity index (χ0v) is 19.9. The van der Waals surface area contributed by atoms with Crippen LogP contribution in [0.3, 0.4) is 0 Å². The Morgan fingerprint density at radius 3 is 2.56 bits per heavy atom. The van der Waals surface area contributed by atoms with Crippen LogP contribution < -0.4 is 4.74 Å². The first-order valence-electron chi connectivity index (χ1n) is 11.4. The number of nitrogens with zero attached hydrogens (tertiary/aromatic N) is 3. The molecular weight excluding hydrogens is 434 g/mol. The molecule has 8 nitrogen and oxygen atoms in total. The van der Waals surface area contributed by atoms with Gasteiger partial charge in [0.25, 0.3) is 0 Å². The highest BCUT2D eigenvalue weighted by atomic mass is 16.5. The van der Waals surface area contributed by atoms with Gasteiger partial charge in [-0.3, -0.25) is 9.69 Å². The minimum atomic E-state index is -0.205. The zero-order valence-electron chi connectivity index (χ0n) is 19.9. The van der Waals surface area contributed by atoms with Gasteiger partial charge in [-0.05, 0) is 49.2 Å². The maximum atomic E-state index is 13.3. The number of ether oxygens (including phenoxy) is 2. The Hall–Kier alpha value is -3.36. The lowest BCUT2D eigenvalue weighted by Crippen LogP contribution is -2.37. The summed E-state index contributed by atoms with van der Waals surface area (Å²) < 4.78 is 16.9. The van der Waals surface area contributed by atoms with Crippen LogP contribution in [0, 0.1) is 13.8 Å². The predicted molar refractivity (Wildman–Crippen MR) is 126 cm³/mol. The van der Waals surface area contributed by atoms with Gasteiger partial charge in [0.1, 0.15) is 17.3 Å². The Kier molecular flexibility index (Phi) is 7.49. The molecule has 0 radical (unpaired) electrons. The second kappa shape index (κ2) is 10.7. The van der Waals surface area contributed by atoms with Gasteiger partial charge in [0.05, 0.1) is 32.1 Å². The fraction of sp³-hybridized carbons (Fsp3) is 0.385. The van der Waals surface area contributed by atoms with Gasteiger partial charge in [0.2, 0.25) is 5.91 Å². The monoisotopic (exact) mass is 465 g/mol. The minimum Gasteiger partial charge on any atom is -0.508 e. The van der Waals surface area contributed by atoms with Gasteiger partial charge in [0, 0.05) is 31.7 Å². The van der Waals surface area contributed by atoms with E-state index in [0.29, 0.717) is 32.8 Å². The topological polar surface area (TPSA) is 88.3 Å². The second-order valence-corrected chi connectivity index (χ2v) is 8.70. The van der Waals surface area contributed by atoms with Crippen LogP contribution in [-0.2, 0) is 29.2 Å². The molecule has 1 aliphatic heterocycles. The van der Waals surface area contributed by atoms with E-state index >= 15 is 0 Å². The van der Waals surface area contributed by atoms with E-state index in [1.165, 1.54) is 0 Å². The van der Waals surface area contributed by atoms with E-state index in [1.54, 1.807) is 19.2 Å². The summed E-state index contributed by atoms with van der Waals surface area (Å²) in [5.74, 6) is 1.75. The summed E-state index contributed by atoms with van der Waals surface area (Å²) in [6.07, 6.45) is -0.205. The number of carbonyl (C=O) groups is 1. The summed E-state index contributed by atoms with van der Waals surface area (Å²) in [7, 11) is 1.63. The molecule has 0 spiro atoms. The van der Waals surface area contributed by atoms with E-state index in [1.807, 2.05) is 55.1 Å². The summed E-state index contributed by atoms with van der Waals surface area (Å²) in [4.78, 5) is 17.2. The Morgan fingerprint density at radius 2 is 1.85 bits per heavy atom. The summed E-state index contributed by atoms with van der Waals surface area (Å²) >= 11 is 0. The molecule has 2 heterocycles. The molecule has 8 heteroatoms. The largest absolute Gasteiger partial charge is 0.508 e. The summed E-state index contributed by atoms with van der Waals surface area (Å²) in [6, 6.07) is 14.9. The highest BCUT2D eigenvalue weighted by Gasteiger charge is 2.29. The first kappa shape index (κ1) is 23.8. The predicted octanol–water partition coefficient (Wildman–Crippen LogP) is 3.44. The molecule has 3 aromatic rings. The first-order valence-corrected chi connectivity index (χ1v) is 11.4. The molecule has 0 aliphatic carbocycles. The number of benzene rings is 2. The molecule has 1 unspecified atom stereocenters. The van der Waals surface area contributed by atoms with Crippen molar-refractivity contribution in [2.45, 2.75) is 39.6 Å². The molecule has 1 amide bonds. The summed E-state index contributed by atoms with van der Waals surface area (Å²) in [6.45, 7) is 6.47. The normalized spacial score (nSPS) is 17.1. The third kappa shape index (κ3) is 5.95. The zero-order chi connectivity index (χ0) is 24.1. The molecule has 1 aromatic heterocycles. The smallest absolute Gasteiger partial charge is 0.237 e. The van der Waals surface area contributed by atoms with E-state index in [4.69, 9.17) is 14.0 Å². The van der Waals surface area contributed by atoms with Crippen LogP contribution in [0.25, 0.3) is 0 Å². The lowest BCUT2D eigenvalue weighted by molar-refractivity contribution is -0.132. The van der Waals surface area contributed by atoms with Gasteiger partial charge in [-0.25, -0.2) is 0 Å². The van der Waals surface area contributed by atoms with Crippen molar-refractivity contribution < 1.29 is 23.9 Å². The third-order valence-corrected chi connectivity index (χ3v) is 6.07. The number of amides is 1. The van der Waals surface area contributed by atoms with Crippen molar-refractivity contribution >= 4 is 5.91 Å². The minimum absolute atomic E-state index is 0.0337. The molecule has 4 rings (SSSR count). The van der Waals surface area contributed by atoms with E-state index in [-0.39, 0.29) is 24.3 Å². The van der Waals surface area contributed by atoms with Crippen LogP contribution in [0.5, 0.6) is 11.5 Å². The lowest BCUT2D eigenvalue weighted by atomic mass is 10.2. The number of phenols is 1. The van der Waals surface area contributed by atoms with Crippen molar-refractivity contribution in [2.75, 3.05) is 26.7 Å². The highest BCUT2D eigenvalue weighted by molar-refractivity contribution is 5.78. The van der Waals surface area contributed by atoms with Gasteiger partial charge in [-0.15, -0.1) is 0 Å². The Labute approximate surface area is 199 Å². The number of carbonyl (C=O) groups excluding carboxylic acids is 1. The summed E-state index contributed by atoms with van der Waals surface area (Å²) in [5.41, 5.74) is 3.69. The van der Waals surface area contributed by atoms with Gasteiger partial charge in [0.15, 0.2) is 0 Å². The third-order valence-electron chi connectivity index (χ3n) is 6.07. The average Bonchev–Trinajstić information content (AvgIpc) is 3.05. The van der Waals surface area contributed by atoms with Crippen LogP contribution in [-0.4, -0.2) is 58.8 Å². The molecule has 1 atom stereocenters. The Bertz CT molecular complexity index is 1110. The number of hydrogen-bond acceptors (Lipinski definition) is 7. The van der Waals surface area contributed by atoms with Crippen molar-refractivity contribution in [1.82, 2.24) is 15.0 Å². The Morgan fingerprint density at radius 1 is 1.09 bits per heavy atom. The molecule has 1 saturated heterocycles.